The summed E-state index contributed by atoms with van der Waals surface area (Å²) in [6.45, 7) is 8.71. The van der Waals surface area contributed by atoms with E-state index in [1.54, 1.807) is 0 Å². The first-order chi connectivity index (χ1) is 10.1. The highest BCUT2D eigenvalue weighted by atomic mass is 16.2. The Morgan fingerprint density at radius 1 is 1.38 bits per heavy atom. The van der Waals surface area contributed by atoms with Crippen LogP contribution >= 0.6 is 0 Å². The second-order valence-electron chi connectivity index (χ2n) is 5.90. The number of H-pyrrole nitrogens is 1. The first-order valence-electron chi connectivity index (χ1n) is 7.70. The maximum atomic E-state index is 12.1. The van der Waals surface area contributed by atoms with E-state index < -0.39 is 0 Å². The predicted octanol–water partition coefficient (Wildman–Crippen LogP) is 2.50. The number of nitrogens with zero attached hydrogens (tertiary/aromatic N) is 1. The fourth-order valence-electron chi connectivity index (χ4n) is 3.09. The van der Waals surface area contributed by atoms with Gasteiger partial charge in [-0.1, -0.05) is 6.07 Å². The van der Waals surface area contributed by atoms with E-state index in [0.717, 1.165) is 25.2 Å². The van der Waals surface area contributed by atoms with Crippen molar-refractivity contribution in [2.75, 3.05) is 13.1 Å². The minimum Gasteiger partial charge on any atom is -0.357 e. The topological polar surface area (TPSA) is 48.1 Å². The van der Waals surface area contributed by atoms with E-state index >= 15 is 0 Å². The van der Waals surface area contributed by atoms with Crippen LogP contribution in [0.3, 0.4) is 0 Å². The molecule has 1 aromatic carbocycles. The van der Waals surface area contributed by atoms with Gasteiger partial charge in [-0.3, -0.25) is 4.79 Å². The van der Waals surface area contributed by atoms with E-state index in [0.29, 0.717) is 6.54 Å². The minimum atomic E-state index is -0.0285. The monoisotopic (exact) mass is 285 g/mol. The lowest BCUT2D eigenvalue weighted by molar-refractivity contribution is -0.129. The molecule has 21 heavy (non-hydrogen) atoms. The van der Waals surface area contributed by atoms with Crippen molar-refractivity contribution in [3.63, 3.8) is 0 Å². The van der Waals surface area contributed by atoms with Crippen LogP contribution in [0.5, 0.6) is 0 Å². The predicted molar refractivity (Wildman–Crippen MR) is 85.3 cm³/mol. The van der Waals surface area contributed by atoms with Crippen LogP contribution in [0.15, 0.2) is 18.2 Å². The maximum Gasteiger partial charge on any atom is 0.239 e. The molecule has 1 atom stereocenters. The summed E-state index contributed by atoms with van der Waals surface area (Å²) in [5.41, 5.74) is 4.94. The van der Waals surface area contributed by atoms with E-state index in [1.165, 1.54) is 22.0 Å². The van der Waals surface area contributed by atoms with Gasteiger partial charge in [0.2, 0.25) is 5.91 Å². The van der Waals surface area contributed by atoms with Gasteiger partial charge in [-0.25, -0.2) is 0 Å². The fraction of sp³-hybridized carbons (Fsp3) is 0.471. The Morgan fingerprint density at radius 3 is 2.90 bits per heavy atom. The van der Waals surface area contributed by atoms with Crippen molar-refractivity contribution in [1.82, 2.24) is 15.2 Å². The van der Waals surface area contributed by atoms with E-state index in [4.69, 9.17) is 0 Å². The van der Waals surface area contributed by atoms with Gasteiger partial charge in [0.15, 0.2) is 0 Å². The molecule has 3 rings (SSSR count). The quantitative estimate of drug-likeness (QED) is 0.906. The van der Waals surface area contributed by atoms with Crippen LogP contribution in [0.25, 0.3) is 10.9 Å². The first-order valence-corrected chi connectivity index (χ1v) is 7.70. The van der Waals surface area contributed by atoms with Crippen molar-refractivity contribution >= 4 is 16.8 Å². The molecule has 2 heterocycles. The number of rotatable bonds is 4. The molecule has 0 radical (unpaired) electrons. The summed E-state index contributed by atoms with van der Waals surface area (Å²) < 4.78 is 0. The third-order valence-corrected chi connectivity index (χ3v) is 4.62. The number of carbonyl (C=O) groups is 1. The summed E-state index contributed by atoms with van der Waals surface area (Å²) in [5.74, 6) is 0.237. The number of likely N-dealkylation sites (N-methyl/N-ethyl adjacent to an activating group) is 1. The van der Waals surface area contributed by atoms with E-state index in [-0.39, 0.29) is 11.9 Å². The molecule has 1 fully saturated rings. The molecular weight excluding hydrogens is 262 g/mol. The highest BCUT2D eigenvalue weighted by molar-refractivity contribution is 5.85. The molecule has 0 aliphatic carbocycles. The number of nitrogens with one attached hydrogen (secondary N) is 2. The summed E-state index contributed by atoms with van der Waals surface area (Å²) in [4.78, 5) is 17.4. The number of aryl methyl sites for hydroxylation is 2. The molecule has 0 spiro atoms. The lowest BCUT2D eigenvalue weighted by atomic mass is 10.1. The van der Waals surface area contributed by atoms with Crippen molar-refractivity contribution < 1.29 is 4.79 Å². The Balaban J connectivity index is 1.72. The molecule has 4 heteroatoms. The molecule has 2 N–H and O–H groups in total. The van der Waals surface area contributed by atoms with Crippen LogP contribution < -0.4 is 5.32 Å². The van der Waals surface area contributed by atoms with Gasteiger partial charge in [0, 0.05) is 36.2 Å². The Hall–Kier alpha value is -1.81. The summed E-state index contributed by atoms with van der Waals surface area (Å²) in [5, 5.41) is 4.66. The number of carbonyl (C=O) groups excluding carboxylic acids is 1. The number of hydrogen-bond donors (Lipinski definition) is 2. The molecule has 0 bridgehead atoms. The Bertz CT molecular complexity index is 674. The minimum absolute atomic E-state index is 0.0285. The first kappa shape index (κ1) is 14.1. The number of likely N-dealkylation sites (tertiary alicyclic amines) is 1. The third kappa shape index (κ3) is 2.56. The van der Waals surface area contributed by atoms with Gasteiger partial charge in [0.25, 0.3) is 0 Å². The molecule has 1 aromatic heterocycles. The average molecular weight is 285 g/mol. The van der Waals surface area contributed by atoms with Crippen molar-refractivity contribution in [3.8, 4) is 0 Å². The molecule has 1 amide bonds. The van der Waals surface area contributed by atoms with Gasteiger partial charge < -0.3 is 15.2 Å². The standard InChI is InChI=1S/C17H23N3O/c1-4-20-8-7-16(17(20)21)18-10-13-9-14-12(3)11(2)5-6-15(14)19-13/h5-6,9,16,18-19H,4,7-8,10H2,1-3H3. The van der Waals surface area contributed by atoms with Crippen LogP contribution in [0, 0.1) is 13.8 Å². The third-order valence-electron chi connectivity index (χ3n) is 4.62. The van der Waals surface area contributed by atoms with Gasteiger partial charge in [0.1, 0.15) is 0 Å². The summed E-state index contributed by atoms with van der Waals surface area (Å²) in [7, 11) is 0. The van der Waals surface area contributed by atoms with Gasteiger partial charge in [-0.15, -0.1) is 0 Å². The highest BCUT2D eigenvalue weighted by Crippen LogP contribution is 2.22. The van der Waals surface area contributed by atoms with E-state index in [2.05, 4.69) is 42.3 Å². The largest absolute Gasteiger partial charge is 0.357 e. The Kier molecular flexibility index (Phi) is 3.72. The maximum absolute atomic E-state index is 12.1. The fourth-order valence-corrected chi connectivity index (χ4v) is 3.09. The second kappa shape index (κ2) is 5.53. The highest BCUT2D eigenvalue weighted by Gasteiger charge is 2.29. The number of fused-ring (bicyclic) bond motifs is 1. The molecule has 0 saturated carbocycles. The SMILES string of the molecule is CCN1CCC(NCc2cc3c(C)c(C)ccc3[nH]2)C1=O. The van der Waals surface area contributed by atoms with E-state index in [9.17, 15) is 4.79 Å². The van der Waals surface area contributed by atoms with Crippen LogP contribution in [0.4, 0.5) is 0 Å². The molecule has 1 saturated heterocycles. The van der Waals surface area contributed by atoms with Gasteiger partial charge in [0.05, 0.1) is 6.04 Å². The Morgan fingerprint density at radius 2 is 2.19 bits per heavy atom. The number of benzene rings is 1. The summed E-state index contributed by atoms with van der Waals surface area (Å²) >= 11 is 0. The van der Waals surface area contributed by atoms with Crippen molar-refractivity contribution in [2.45, 2.75) is 39.8 Å². The molecule has 2 aromatic rings. The van der Waals surface area contributed by atoms with E-state index in [1.807, 2.05) is 11.8 Å². The van der Waals surface area contributed by atoms with Gasteiger partial charge >= 0.3 is 0 Å². The molecular formula is C17H23N3O. The lowest BCUT2D eigenvalue weighted by Gasteiger charge is -2.14. The molecule has 1 unspecified atom stereocenters. The molecule has 112 valence electrons. The second-order valence-corrected chi connectivity index (χ2v) is 5.90. The normalized spacial score (nSPS) is 18.9. The molecule has 4 nitrogen and oxygen atoms in total. The van der Waals surface area contributed by atoms with Crippen molar-refractivity contribution in [1.29, 1.82) is 0 Å². The summed E-state index contributed by atoms with van der Waals surface area (Å²) in [6, 6.07) is 6.44. The number of amides is 1. The number of aromatic amines is 1. The van der Waals surface area contributed by atoms with Gasteiger partial charge in [-0.2, -0.15) is 0 Å². The van der Waals surface area contributed by atoms with Gasteiger partial charge in [-0.05, 0) is 50.5 Å². The number of aromatic nitrogens is 1. The van der Waals surface area contributed by atoms with Crippen LogP contribution in [0.2, 0.25) is 0 Å². The van der Waals surface area contributed by atoms with Crippen molar-refractivity contribution in [2.24, 2.45) is 0 Å². The zero-order chi connectivity index (χ0) is 15.0. The van der Waals surface area contributed by atoms with Crippen LogP contribution in [-0.2, 0) is 11.3 Å². The van der Waals surface area contributed by atoms with Crippen LogP contribution in [-0.4, -0.2) is 34.9 Å². The molecule has 1 aliphatic rings. The smallest absolute Gasteiger partial charge is 0.239 e. The summed E-state index contributed by atoms with van der Waals surface area (Å²) in [6.07, 6.45) is 0.908. The zero-order valence-electron chi connectivity index (χ0n) is 13.0. The zero-order valence-corrected chi connectivity index (χ0v) is 13.0. The van der Waals surface area contributed by atoms with Crippen LogP contribution in [0.1, 0.15) is 30.2 Å². The average Bonchev–Trinajstić information content (AvgIpc) is 3.05. The molecule has 1 aliphatic heterocycles. The lowest BCUT2D eigenvalue weighted by Crippen LogP contribution is -2.37. The Labute approximate surface area is 125 Å². The van der Waals surface area contributed by atoms with Crippen molar-refractivity contribution in [3.05, 3.63) is 35.0 Å². The number of hydrogen-bond acceptors (Lipinski definition) is 2.